The topological polar surface area (TPSA) is 46.3 Å². The van der Waals surface area contributed by atoms with Gasteiger partial charge in [-0.05, 0) is 19.3 Å². The summed E-state index contributed by atoms with van der Waals surface area (Å²) < 4.78 is 0. The van der Waals surface area contributed by atoms with Gasteiger partial charge in [0.15, 0.2) is 0 Å². The van der Waals surface area contributed by atoms with Gasteiger partial charge in [0.05, 0.1) is 0 Å². The number of rotatable bonds is 1. The van der Waals surface area contributed by atoms with Crippen molar-refractivity contribution in [1.82, 2.24) is 4.90 Å². The van der Waals surface area contributed by atoms with Crippen molar-refractivity contribution in [1.29, 1.82) is 0 Å². The Bertz CT molecular complexity index is 168. The Labute approximate surface area is 73.9 Å². The van der Waals surface area contributed by atoms with Gasteiger partial charge in [0.25, 0.3) is 0 Å². The highest BCUT2D eigenvalue weighted by atomic mass is 16.2. The van der Waals surface area contributed by atoms with Crippen molar-refractivity contribution in [3.8, 4) is 0 Å². The lowest BCUT2D eigenvalue weighted by molar-refractivity contribution is -0.134. The largest absolute Gasteiger partial charge is 0.349 e. The van der Waals surface area contributed by atoms with E-state index in [2.05, 4.69) is 0 Å². The van der Waals surface area contributed by atoms with Crippen LogP contribution < -0.4 is 5.73 Å². The van der Waals surface area contributed by atoms with E-state index in [0.29, 0.717) is 0 Å². The zero-order chi connectivity index (χ0) is 9.14. The lowest BCUT2D eigenvalue weighted by Crippen LogP contribution is -2.37. The average molecular weight is 170 g/mol. The normalized spacial score (nSPS) is 29.9. The smallest absolute Gasteiger partial charge is 0.225 e. The van der Waals surface area contributed by atoms with Crippen LogP contribution in [-0.2, 0) is 4.79 Å². The van der Waals surface area contributed by atoms with E-state index in [4.69, 9.17) is 5.73 Å². The van der Waals surface area contributed by atoms with Gasteiger partial charge < -0.3 is 10.6 Å². The molecule has 0 aliphatic heterocycles. The minimum absolute atomic E-state index is 0.184. The number of carbonyl (C=O) groups excluding carboxylic acids is 1. The molecule has 2 N–H and O–H groups in total. The lowest BCUT2D eigenvalue weighted by atomic mass is 9.85. The molecule has 1 rings (SSSR count). The number of carbonyl (C=O) groups is 1. The molecule has 0 unspecified atom stereocenters. The van der Waals surface area contributed by atoms with Gasteiger partial charge in [-0.1, -0.05) is 6.42 Å². The zero-order valence-corrected chi connectivity index (χ0v) is 7.92. The van der Waals surface area contributed by atoms with Crippen LogP contribution in [0.4, 0.5) is 0 Å². The molecule has 1 aliphatic carbocycles. The van der Waals surface area contributed by atoms with E-state index >= 15 is 0 Å². The summed E-state index contributed by atoms with van der Waals surface area (Å²) in [5.41, 5.74) is 5.79. The average Bonchev–Trinajstić information content (AvgIpc) is 2.03. The van der Waals surface area contributed by atoms with E-state index in [0.717, 1.165) is 25.7 Å². The Balaban J connectivity index is 2.46. The Morgan fingerprint density at radius 3 is 2.58 bits per heavy atom. The standard InChI is InChI=1S/C9H18N2O/c1-11(2)9(12)7-4-3-5-8(10)6-7/h7-8H,3-6,10H2,1-2H3/t7-,8+/m1/s1. The first kappa shape index (κ1) is 9.52. The van der Waals surface area contributed by atoms with Crippen LogP contribution in [0.5, 0.6) is 0 Å². The summed E-state index contributed by atoms with van der Waals surface area (Å²) in [6.07, 6.45) is 4.07. The molecule has 1 saturated carbocycles. The molecule has 3 nitrogen and oxygen atoms in total. The van der Waals surface area contributed by atoms with Crippen LogP contribution in [0.15, 0.2) is 0 Å². The van der Waals surface area contributed by atoms with Crippen molar-refractivity contribution >= 4 is 5.91 Å². The molecule has 0 aromatic carbocycles. The van der Waals surface area contributed by atoms with Gasteiger partial charge in [0.2, 0.25) is 5.91 Å². The van der Waals surface area contributed by atoms with E-state index in [9.17, 15) is 4.79 Å². The van der Waals surface area contributed by atoms with Crippen LogP contribution in [0, 0.1) is 5.92 Å². The summed E-state index contributed by atoms with van der Waals surface area (Å²) in [5, 5.41) is 0. The van der Waals surface area contributed by atoms with Crippen molar-refractivity contribution in [2.45, 2.75) is 31.7 Å². The van der Waals surface area contributed by atoms with Crippen LogP contribution >= 0.6 is 0 Å². The molecule has 0 aromatic rings. The predicted molar refractivity (Wildman–Crippen MR) is 48.6 cm³/mol. The summed E-state index contributed by atoms with van der Waals surface area (Å²) in [7, 11) is 3.62. The molecule has 1 aliphatic rings. The number of nitrogens with zero attached hydrogens (tertiary/aromatic N) is 1. The van der Waals surface area contributed by atoms with Crippen molar-refractivity contribution in [2.24, 2.45) is 11.7 Å². The second-order valence-electron chi connectivity index (χ2n) is 3.86. The molecule has 0 radical (unpaired) electrons. The Kier molecular flexibility index (Phi) is 3.09. The van der Waals surface area contributed by atoms with E-state index in [1.165, 1.54) is 0 Å². The minimum atomic E-state index is 0.184. The highest BCUT2D eigenvalue weighted by Gasteiger charge is 2.25. The van der Waals surface area contributed by atoms with Gasteiger partial charge in [-0.3, -0.25) is 4.79 Å². The monoisotopic (exact) mass is 170 g/mol. The Hall–Kier alpha value is -0.570. The Morgan fingerprint density at radius 1 is 1.42 bits per heavy atom. The van der Waals surface area contributed by atoms with Crippen molar-refractivity contribution in [3.05, 3.63) is 0 Å². The molecule has 0 spiro atoms. The quantitative estimate of drug-likeness (QED) is 0.626. The first-order valence-electron chi connectivity index (χ1n) is 4.58. The summed E-state index contributed by atoms with van der Waals surface area (Å²) in [6.45, 7) is 0. The Morgan fingerprint density at radius 2 is 2.08 bits per heavy atom. The van der Waals surface area contributed by atoms with Gasteiger partial charge in [0, 0.05) is 26.1 Å². The third-order valence-electron chi connectivity index (χ3n) is 2.50. The number of hydrogen-bond acceptors (Lipinski definition) is 2. The fourth-order valence-electron chi connectivity index (χ4n) is 1.82. The molecule has 2 atom stereocenters. The number of hydrogen-bond donors (Lipinski definition) is 1. The van der Waals surface area contributed by atoms with Crippen LogP contribution in [0.3, 0.4) is 0 Å². The molecule has 0 heterocycles. The molecule has 3 heteroatoms. The van der Waals surface area contributed by atoms with Gasteiger partial charge in [-0.2, -0.15) is 0 Å². The van der Waals surface area contributed by atoms with E-state index in [-0.39, 0.29) is 17.9 Å². The predicted octanol–water partition coefficient (Wildman–Crippen LogP) is 0.592. The number of amides is 1. The molecule has 1 fully saturated rings. The number of nitrogens with two attached hydrogens (primary N) is 1. The molecule has 0 bridgehead atoms. The summed E-state index contributed by atoms with van der Waals surface area (Å²) in [6, 6.07) is 0.243. The summed E-state index contributed by atoms with van der Waals surface area (Å²) >= 11 is 0. The fourth-order valence-corrected chi connectivity index (χ4v) is 1.82. The molecular formula is C9H18N2O. The second-order valence-corrected chi connectivity index (χ2v) is 3.86. The summed E-state index contributed by atoms with van der Waals surface area (Å²) in [4.78, 5) is 13.2. The van der Waals surface area contributed by atoms with Gasteiger partial charge >= 0.3 is 0 Å². The van der Waals surface area contributed by atoms with Crippen LogP contribution in [0.1, 0.15) is 25.7 Å². The highest BCUT2D eigenvalue weighted by Crippen LogP contribution is 2.24. The van der Waals surface area contributed by atoms with E-state index in [1.54, 1.807) is 4.90 Å². The third kappa shape index (κ3) is 2.21. The molecule has 70 valence electrons. The van der Waals surface area contributed by atoms with Crippen LogP contribution in [0.25, 0.3) is 0 Å². The van der Waals surface area contributed by atoms with Gasteiger partial charge in [-0.15, -0.1) is 0 Å². The first-order chi connectivity index (χ1) is 5.61. The SMILES string of the molecule is CN(C)C(=O)[C@@H]1CCC[C@H](N)C1. The van der Waals surface area contributed by atoms with Crippen LogP contribution in [-0.4, -0.2) is 30.9 Å². The summed E-state index contributed by atoms with van der Waals surface area (Å²) in [5.74, 6) is 0.425. The van der Waals surface area contributed by atoms with Crippen molar-refractivity contribution < 1.29 is 4.79 Å². The molecule has 12 heavy (non-hydrogen) atoms. The fraction of sp³-hybridized carbons (Fsp3) is 0.889. The van der Waals surface area contributed by atoms with Gasteiger partial charge in [0.1, 0.15) is 0 Å². The maximum absolute atomic E-state index is 11.5. The minimum Gasteiger partial charge on any atom is -0.349 e. The lowest BCUT2D eigenvalue weighted by Gasteiger charge is -2.27. The third-order valence-corrected chi connectivity index (χ3v) is 2.50. The highest BCUT2D eigenvalue weighted by molar-refractivity contribution is 5.78. The molecular weight excluding hydrogens is 152 g/mol. The second kappa shape index (κ2) is 3.90. The van der Waals surface area contributed by atoms with Crippen molar-refractivity contribution in [2.75, 3.05) is 14.1 Å². The molecule has 1 amide bonds. The molecule has 0 aromatic heterocycles. The maximum Gasteiger partial charge on any atom is 0.225 e. The maximum atomic E-state index is 11.5. The van der Waals surface area contributed by atoms with E-state index < -0.39 is 0 Å². The molecule has 0 saturated heterocycles. The van der Waals surface area contributed by atoms with E-state index in [1.807, 2.05) is 14.1 Å². The zero-order valence-electron chi connectivity index (χ0n) is 7.92. The van der Waals surface area contributed by atoms with Gasteiger partial charge in [-0.25, -0.2) is 0 Å². The van der Waals surface area contributed by atoms with Crippen LogP contribution in [0.2, 0.25) is 0 Å². The first-order valence-corrected chi connectivity index (χ1v) is 4.58. The van der Waals surface area contributed by atoms with Crippen molar-refractivity contribution in [3.63, 3.8) is 0 Å².